The lowest BCUT2D eigenvalue weighted by atomic mass is 9.98. The van der Waals surface area contributed by atoms with Gasteiger partial charge in [0.15, 0.2) is 0 Å². The first-order valence-corrected chi connectivity index (χ1v) is 5.07. The molecule has 2 rings (SSSR count). The van der Waals surface area contributed by atoms with Crippen LogP contribution in [0.1, 0.15) is 5.56 Å². The van der Waals surface area contributed by atoms with Crippen molar-refractivity contribution in [1.29, 1.82) is 0 Å². The molecule has 0 atom stereocenters. The molecule has 0 aliphatic heterocycles. The second-order valence-electron chi connectivity index (χ2n) is 3.43. The van der Waals surface area contributed by atoms with Crippen molar-refractivity contribution in [2.75, 3.05) is 0 Å². The zero-order valence-electron chi connectivity index (χ0n) is 8.61. The molecule has 2 aromatic rings. The molecule has 0 nitrogen and oxygen atoms in total. The van der Waals surface area contributed by atoms with Crippen molar-refractivity contribution in [3.05, 3.63) is 72.8 Å². The number of hydrogen-bond donors (Lipinski definition) is 0. The van der Waals surface area contributed by atoms with Gasteiger partial charge in [-0.25, -0.2) is 0 Å². The number of hydrogen-bond acceptors (Lipinski definition) is 0. The first kappa shape index (κ1) is 9.72. The Kier molecular flexibility index (Phi) is 2.99. The van der Waals surface area contributed by atoms with Gasteiger partial charge >= 0.3 is 0 Å². The van der Waals surface area contributed by atoms with Gasteiger partial charge in [-0.3, -0.25) is 0 Å². The Bertz CT molecular complexity index is 441. The second-order valence-corrected chi connectivity index (χ2v) is 3.43. The van der Waals surface area contributed by atoms with Gasteiger partial charge in [0.1, 0.15) is 0 Å². The molecule has 0 aromatic heterocycles. The second kappa shape index (κ2) is 4.61. The van der Waals surface area contributed by atoms with Crippen molar-refractivity contribution in [3.63, 3.8) is 0 Å². The van der Waals surface area contributed by atoms with Crippen LogP contribution in [0.2, 0.25) is 0 Å². The molecule has 0 aliphatic rings. The van der Waals surface area contributed by atoms with E-state index >= 15 is 0 Å². The summed E-state index contributed by atoms with van der Waals surface area (Å²) in [5.74, 6) is 0. The van der Waals surface area contributed by atoms with Gasteiger partial charge in [0.05, 0.1) is 0 Å². The molecular weight excluding hydrogens is 180 g/mol. The highest BCUT2D eigenvalue weighted by molar-refractivity contribution is 5.66. The van der Waals surface area contributed by atoms with Crippen LogP contribution >= 0.6 is 0 Å². The van der Waals surface area contributed by atoms with Gasteiger partial charge in [-0.1, -0.05) is 54.6 Å². The Hall–Kier alpha value is -1.82. The van der Waals surface area contributed by atoms with Crippen LogP contribution in [0, 0.1) is 6.07 Å². The van der Waals surface area contributed by atoms with Crippen molar-refractivity contribution in [2.24, 2.45) is 0 Å². The number of benzene rings is 2. The van der Waals surface area contributed by atoms with E-state index in [0.717, 1.165) is 12.0 Å². The van der Waals surface area contributed by atoms with Crippen LogP contribution in [0.15, 0.2) is 61.2 Å². The van der Waals surface area contributed by atoms with E-state index in [1.54, 1.807) is 0 Å². The first-order chi connectivity index (χ1) is 7.42. The molecular formula is C15H13. The van der Waals surface area contributed by atoms with E-state index in [-0.39, 0.29) is 0 Å². The van der Waals surface area contributed by atoms with Gasteiger partial charge in [0.25, 0.3) is 0 Å². The Morgan fingerprint density at radius 2 is 1.87 bits per heavy atom. The van der Waals surface area contributed by atoms with Crippen LogP contribution < -0.4 is 0 Å². The summed E-state index contributed by atoms with van der Waals surface area (Å²) in [7, 11) is 0. The van der Waals surface area contributed by atoms with Crippen molar-refractivity contribution >= 4 is 0 Å². The molecule has 0 heterocycles. The summed E-state index contributed by atoms with van der Waals surface area (Å²) in [6.07, 6.45) is 2.83. The van der Waals surface area contributed by atoms with Crippen LogP contribution in [0.3, 0.4) is 0 Å². The zero-order chi connectivity index (χ0) is 10.5. The molecule has 0 N–H and O–H groups in total. The molecule has 0 saturated heterocycles. The SMILES string of the molecule is C=CCc1ccccc1-c1[c]cccc1. The van der Waals surface area contributed by atoms with Crippen LogP contribution in [0.25, 0.3) is 11.1 Å². The van der Waals surface area contributed by atoms with Gasteiger partial charge < -0.3 is 0 Å². The van der Waals surface area contributed by atoms with Gasteiger partial charge in [-0.2, -0.15) is 0 Å². The third-order valence-corrected chi connectivity index (χ3v) is 2.38. The molecule has 0 unspecified atom stereocenters. The minimum atomic E-state index is 0.902. The Labute approximate surface area is 90.9 Å². The molecule has 0 fully saturated rings. The summed E-state index contributed by atoms with van der Waals surface area (Å²) in [5.41, 5.74) is 3.70. The van der Waals surface area contributed by atoms with Crippen molar-refractivity contribution in [1.82, 2.24) is 0 Å². The van der Waals surface area contributed by atoms with E-state index in [0.29, 0.717) is 0 Å². The average Bonchev–Trinajstić information content (AvgIpc) is 2.31. The van der Waals surface area contributed by atoms with E-state index < -0.39 is 0 Å². The lowest BCUT2D eigenvalue weighted by molar-refractivity contribution is 1.28. The van der Waals surface area contributed by atoms with Crippen LogP contribution in [-0.4, -0.2) is 0 Å². The summed E-state index contributed by atoms with van der Waals surface area (Å²) in [5, 5.41) is 0. The summed E-state index contributed by atoms with van der Waals surface area (Å²) in [6, 6.07) is 19.7. The Morgan fingerprint density at radius 1 is 1.07 bits per heavy atom. The lowest BCUT2D eigenvalue weighted by Crippen LogP contribution is -1.87. The van der Waals surface area contributed by atoms with E-state index in [9.17, 15) is 0 Å². The molecule has 0 heteroatoms. The fourth-order valence-electron chi connectivity index (χ4n) is 1.68. The molecule has 15 heavy (non-hydrogen) atoms. The molecule has 0 bridgehead atoms. The molecule has 1 radical (unpaired) electrons. The molecule has 2 aromatic carbocycles. The summed E-state index contributed by atoms with van der Waals surface area (Å²) >= 11 is 0. The van der Waals surface area contributed by atoms with Crippen LogP contribution in [0.4, 0.5) is 0 Å². The Morgan fingerprint density at radius 3 is 2.60 bits per heavy atom. The predicted molar refractivity (Wildman–Crippen MR) is 64.6 cm³/mol. The monoisotopic (exact) mass is 193 g/mol. The fourth-order valence-corrected chi connectivity index (χ4v) is 1.68. The van der Waals surface area contributed by atoms with E-state index in [1.807, 2.05) is 24.3 Å². The highest BCUT2D eigenvalue weighted by atomic mass is 14.1. The van der Waals surface area contributed by atoms with E-state index in [4.69, 9.17) is 0 Å². The standard InChI is InChI=1S/C15H13/c1-2-8-13-11-6-7-12-15(13)14-9-4-3-5-10-14/h2-7,9,11-12H,1,8H2. The zero-order valence-corrected chi connectivity index (χ0v) is 8.61. The number of allylic oxidation sites excluding steroid dienone is 1. The summed E-state index contributed by atoms with van der Waals surface area (Å²) in [6.45, 7) is 3.78. The minimum absolute atomic E-state index is 0.902. The lowest BCUT2D eigenvalue weighted by Gasteiger charge is -2.06. The fraction of sp³-hybridized carbons (Fsp3) is 0.0667. The quantitative estimate of drug-likeness (QED) is 0.649. The molecule has 0 spiro atoms. The van der Waals surface area contributed by atoms with Gasteiger partial charge in [0.2, 0.25) is 0 Å². The highest BCUT2D eigenvalue weighted by Gasteiger charge is 2.01. The molecule has 0 aliphatic carbocycles. The third-order valence-electron chi connectivity index (χ3n) is 2.38. The highest BCUT2D eigenvalue weighted by Crippen LogP contribution is 2.23. The van der Waals surface area contributed by atoms with Gasteiger partial charge in [-0.05, 0) is 29.2 Å². The normalized spacial score (nSPS) is 9.87. The van der Waals surface area contributed by atoms with Gasteiger partial charge in [0, 0.05) is 0 Å². The largest absolute Gasteiger partial charge is 0.103 e. The first-order valence-electron chi connectivity index (χ1n) is 5.07. The van der Waals surface area contributed by atoms with E-state index in [2.05, 4.69) is 43.0 Å². The maximum Gasteiger partial charge on any atom is -0.00940 e. The van der Waals surface area contributed by atoms with E-state index in [1.165, 1.54) is 11.1 Å². The van der Waals surface area contributed by atoms with Crippen LogP contribution in [0.5, 0.6) is 0 Å². The van der Waals surface area contributed by atoms with Crippen LogP contribution in [-0.2, 0) is 6.42 Å². The summed E-state index contributed by atoms with van der Waals surface area (Å²) < 4.78 is 0. The van der Waals surface area contributed by atoms with Crippen molar-refractivity contribution in [3.8, 4) is 11.1 Å². The maximum absolute atomic E-state index is 3.78. The molecule has 0 amide bonds. The topological polar surface area (TPSA) is 0 Å². The molecule has 0 saturated carbocycles. The van der Waals surface area contributed by atoms with Crippen molar-refractivity contribution < 1.29 is 0 Å². The number of rotatable bonds is 3. The molecule has 73 valence electrons. The third kappa shape index (κ3) is 2.16. The minimum Gasteiger partial charge on any atom is -0.103 e. The average molecular weight is 193 g/mol. The van der Waals surface area contributed by atoms with Crippen molar-refractivity contribution in [2.45, 2.75) is 6.42 Å². The Balaban J connectivity index is 2.48. The van der Waals surface area contributed by atoms with Gasteiger partial charge in [-0.15, -0.1) is 6.58 Å². The summed E-state index contributed by atoms with van der Waals surface area (Å²) in [4.78, 5) is 0. The maximum atomic E-state index is 3.78. The smallest absolute Gasteiger partial charge is 0.00940 e. The predicted octanol–water partition coefficient (Wildman–Crippen LogP) is 3.88.